The van der Waals surface area contributed by atoms with Crippen molar-refractivity contribution in [1.82, 2.24) is 5.17 Å². The van der Waals surface area contributed by atoms with Crippen LogP contribution in [0.2, 0.25) is 0 Å². The molecule has 1 unspecified atom stereocenters. The van der Waals surface area contributed by atoms with Gasteiger partial charge in [0.15, 0.2) is 6.54 Å². The molecule has 1 saturated heterocycles. The van der Waals surface area contributed by atoms with Crippen molar-refractivity contribution in [3.05, 3.63) is 5.21 Å². The fraction of sp³-hybridized carbons (Fsp3) is 0.667. The fourth-order valence-corrected chi connectivity index (χ4v) is 0.471. The predicted octanol–water partition coefficient (Wildman–Crippen LogP) is -2.31. The second kappa shape index (κ2) is 1.70. The molecule has 1 heterocycles. The molecular formula is C3H6N2O3. The number of hydroxylamine groups is 2. The Hall–Kier alpha value is -0.650. The zero-order chi connectivity index (χ0) is 6.15. The number of nitrogens with one attached hydrogen (secondary N) is 1. The molecule has 0 aromatic rings. The Bertz CT molecular complexity index is 103. The van der Waals surface area contributed by atoms with Crippen molar-refractivity contribution in [2.75, 3.05) is 13.6 Å². The van der Waals surface area contributed by atoms with Crippen molar-refractivity contribution in [2.45, 2.75) is 0 Å². The average molecular weight is 118 g/mol. The first-order valence-electron chi connectivity index (χ1n) is 2.17. The molecule has 5 heteroatoms. The van der Waals surface area contributed by atoms with Gasteiger partial charge in [0.1, 0.15) is 0 Å². The highest BCUT2D eigenvalue weighted by Crippen LogP contribution is 1.81. The molecule has 1 atom stereocenters. The van der Waals surface area contributed by atoms with Crippen molar-refractivity contribution in [2.24, 2.45) is 0 Å². The zero-order valence-corrected chi connectivity index (χ0v) is 4.38. The third-order valence-corrected chi connectivity index (χ3v) is 0.886. The summed E-state index contributed by atoms with van der Waals surface area (Å²) in [5, 5.41) is 11.0. The second-order valence-corrected chi connectivity index (χ2v) is 1.53. The Kier molecular flexibility index (Phi) is 1.16. The highest BCUT2D eigenvalue weighted by atomic mass is 16.8. The van der Waals surface area contributed by atoms with E-state index in [0.717, 1.165) is 5.17 Å². The lowest BCUT2D eigenvalue weighted by Crippen LogP contribution is -3.10. The third kappa shape index (κ3) is 0.786. The van der Waals surface area contributed by atoms with Crippen LogP contribution in [0.1, 0.15) is 0 Å². The molecule has 5 nitrogen and oxygen atoms in total. The van der Waals surface area contributed by atoms with E-state index in [1.54, 1.807) is 0 Å². The molecule has 0 aromatic carbocycles. The predicted molar refractivity (Wildman–Crippen MR) is 23.1 cm³/mol. The standard InChI is InChI=1S/C3H6N2O3/c1-4-5(7)2-3(6)8-4/h5H,2H2,1H3. The van der Waals surface area contributed by atoms with Crippen LogP contribution in [0.25, 0.3) is 0 Å². The van der Waals surface area contributed by atoms with Gasteiger partial charge >= 0.3 is 5.97 Å². The average Bonchev–Trinajstić information content (AvgIpc) is 1.85. The van der Waals surface area contributed by atoms with E-state index in [0.29, 0.717) is 0 Å². The Morgan fingerprint density at radius 1 is 2.00 bits per heavy atom. The van der Waals surface area contributed by atoms with E-state index < -0.39 is 5.97 Å². The summed E-state index contributed by atoms with van der Waals surface area (Å²) in [5.74, 6) is -0.475. The zero-order valence-electron chi connectivity index (χ0n) is 4.38. The molecule has 0 bridgehead atoms. The highest BCUT2D eigenvalue weighted by Gasteiger charge is 2.24. The molecule has 1 N–H and O–H groups in total. The molecule has 1 aliphatic heterocycles. The number of carbonyl (C=O) groups excluding carboxylic acids is 1. The highest BCUT2D eigenvalue weighted by molar-refractivity contribution is 5.70. The Morgan fingerprint density at radius 2 is 2.62 bits per heavy atom. The lowest BCUT2D eigenvalue weighted by Gasteiger charge is -2.16. The summed E-state index contributed by atoms with van der Waals surface area (Å²) in [6.45, 7) is -0.115. The van der Waals surface area contributed by atoms with Crippen LogP contribution in [0.3, 0.4) is 0 Å². The molecule has 0 radical (unpaired) electrons. The van der Waals surface area contributed by atoms with Crippen molar-refractivity contribution >= 4 is 5.97 Å². The van der Waals surface area contributed by atoms with E-state index in [1.165, 1.54) is 7.05 Å². The van der Waals surface area contributed by atoms with Gasteiger partial charge in [0.25, 0.3) is 0 Å². The van der Waals surface area contributed by atoms with Crippen LogP contribution in [0, 0.1) is 5.21 Å². The van der Waals surface area contributed by atoms with Gasteiger partial charge in [0.05, 0.1) is 7.05 Å². The molecule has 0 aliphatic carbocycles. The second-order valence-electron chi connectivity index (χ2n) is 1.53. The monoisotopic (exact) mass is 118 g/mol. The SMILES string of the molecule is CN1OC(=O)C[NH+]1[O-]. The normalized spacial score (nSPS) is 30.8. The Labute approximate surface area is 45.9 Å². The van der Waals surface area contributed by atoms with E-state index in [2.05, 4.69) is 4.84 Å². The van der Waals surface area contributed by atoms with Crippen LogP contribution in [-0.2, 0) is 9.63 Å². The van der Waals surface area contributed by atoms with Gasteiger partial charge in [0.2, 0.25) is 0 Å². The maximum Gasteiger partial charge on any atom is 0.386 e. The molecule has 46 valence electrons. The van der Waals surface area contributed by atoms with Crippen LogP contribution >= 0.6 is 0 Å². The third-order valence-electron chi connectivity index (χ3n) is 0.886. The van der Waals surface area contributed by atoms with Crippen molar-refractivity contribution in [3.63, 3.8) is 0 Å². The summed E-state index contributed by atoms with van der Waals surface area (Å²) in [5.41, 5.74) is 0. The molecule has 0 saturated carbocycles. The van der Waals surface area contributed by atoms with Gasteiger partial charge in [0, 0.05) is 5.17 Å². The first-order valence-corrected chi connectivity index (χ1v) is 2.17. The lowest BCUT2D eigenvalue weighted by molar-refractivity contribution is -0.981. The Morgan fingerprint density at radius 3 is 2.75 bits per heavy atom. The molecule has 0 aromatic heterocycles. The number of quaternary nitrogens is 1. The topological polar surface area (TPSA) is 57.0 Å². The van der Waals surface area contributed by atoms with Gasteiger partial charge in [-0.25, -0.2) is 9.97 Å². The Balaban J connectivity index is 2.51. The van der Waals surface area contributed by atoms with Crippen LogP contribution < -0.4 is 5.17 Å². The van der Waals surface area contributed by atoms with Crippen LogP contribution in [0.4, 0.5) is 0 Å². The molecule has 8 heavy (non-hydrogen) atoms. The van der Waals surface area contributed by atoms with Gasteiger partial charge in [-0.15, -0.1) is 0 Å². The van der Waals surface area contributed by atoms with Crippen LogP contribution in [-0.4, -0.2) is 24.7 Å². The van der Waals surface area contributed by atoms with Crippen LogP contribution in [0.5, 0.6) is 0 Å². The van der Waals surface area contributed by atoms with Gasteiger partial charge in [-0.3, -0.25) is 0 Å². The number of hydrogen-bond donors (Lipinski definition) is 1. The van der Waals surface area contributed by atoms with Gasteiger partial charge in [-0.1, -0.05) is 0 Å². The minimum Gasteiger partial charge on any atom is -0.610 e. The summed E-state index contributed by atoms with van der Waals surface area (Å²) in [6, 6.07) is 0. The number of rotatable bonds is 0. The summed E-state index contributed by atoms with van der Waals surface area (Å²) < 4.78 is 0. The first kappa shape index (κ1) is 5.49. The van der Waals surface area contributed by atoms with E-state index >= 15 is 0 Å². The van der Waals surface area contributed by atoms with Crippen molar-refractivity contribution < 1.29 is 14.8 Å². The molecule has 0 spiro atoms. The fourth-order valence-electron chi connectivity index (χ4n) is 0.471. The lowest BCUT2D eigenvalue weighted by atomic mass is 10.7. The quantitative estimate of drug-likeness (QED) is 0.363. The van der Waals surface area contributed by atoms with Gasteiger partial charge in [-0.05, 0) is 0 Å². The maximum atomic E-state index is 10.4. The molecule has 1 fully saturated rings. The van der Waals surface area contributed by atoms with Crippen molar-refractivity contribution in [3.8, 4) is 0 Å². The molecule has 0 amide bonds. The van der Waals surface area contributed by atoms with Crippen molar-refractivity contribution in [1.29, 1.82) is 0 Å². The molecular weight excluding hydrogens is 112 g/mol. The van der Waals surface area contributed by atoms with E-state index in [1.807, 2.05) is 0 Å². The minimum absolute atomic E-state index is 0.115. The van der Waals surface area contributed by atoms with E-state index in [4.69, 9.17) is 0 Å². The van der Waals surface area contributed by atoms with E-state index in [9.17, 15) is 10.0 Å². The van der Waals surface area contributed by atoms with Crippen LogP contribution in [0.15, 0.2) is 0 Å². The molecule has 1 aliphatic rings. The molecule has 1 rings (SSSR count). The summed E-state index contributed by atoms with van der Waals surface area (Å²) in [6.07, 6.45) is 0. The van der Waals surface area contributed by atoms with Gasteiger partial charge in [-0.2, -0.15) is 0 Å². The number of nitrogens with zero attached hydrogens (tertiary/aromatic N) is 1. The summed E-state index contributed by atoms with van der Waals surface area (Å²) in [4.78, 5) is 14.5. The largest absolute Gasteiger partial charge is 0.610 e. The maximum absolute atomic E-state index is 10.4. The summed E-state index contributed by atoms with van der Waals surface area (Å²) >= 11 is 0. The van der Waals surface area contributed by atoms with Gasteiger partial charge < -0.3 is 10.0 Å². The first-order chi connectivity index (χ1) is 3.70. The summed E-state index contributed by atoms with van der Waals surface area (Å²) in [7, 11) is 1.41. The number of hydrogen-bond acceptors (Lipinski definition) is 4. The number of carbonyl (C=O) groups is 1. The van der Waals surface area contributed by atoms with E-state index in [-0.39, 0.29) is 11.7 Å². The smallest absolute Gasteiger partial charge is 0.386 e. The minimum atomic E-state index is -0.475.